The Morgan fingerprint density at radius 1 is 1.05 bits per heavy atom. The average Bonchev–Trinajstić information content (AvgIpc) is 2.78. The van der Waals surface area contributed by atoms with Gasteiger partial charge in [-0.05, 0) is 43.2 Å². The lowest BCUT2D eigenvalue weighted by Gasteiger charge is -2.65. The minimum Gasteiger partial charge on any atom is -0.511 e. The Kier molecular flexibility index (Phi) is 5.88. The normalized spacial score (nSPS) is 35.3. The van der Waals surface area contributed by atoms with Crippen LogP contribution in [0.15, 0.2) is 40.9 Å². The second-order valence-electron chi connectivity index (χ2n) is 11.6. The van der Waals surface area contributed by atoms with Crippen molar-refractivity contribution in [2.75, 3.05) is 0 Å². The van der Waals surface area contributed by atoms with Gasteiger partial charge in [0.25, 0.3) is 0 Å². The van der Waals surface area contributed by atoms with E-state index < -0.39 is 74.5 Å². The summed E-state index contributed by atoms with van der Waals surface area (Å²) >= 11 is 0. The van der Waals surface area contributed by atoms with Crippen molar-refractivity contribution in [1.82, 2.24) is 0 Å². The van der Waals surface area contributed by atoms with E-state index in [2.05, 4.69) is 0 Å². The fourth-order valence-electron chi connectivity index (χ4n) is 7.82. The number of aliphatic hydroxyl groups excluding tert-OH is 2. The summed E-state index contributed by atoms with van der Waals surface area (Å²) in [6.07, 6.45) is -0.170. The maximum absolute atomic E-state index is 14.0. The smallest absolute Gasteiger partial charge is 0.209 e. The van der Waals surface area contributed by atoms with Crippen LogP contribution < -0.4 is 0 Å². The van der Waals surface area contributed by atoms with Crippen molar-refractivity contribution >= 4 is 23.1 Å². The molecule has 1 unspecified atom stereocenters. The van der Waals surface area contributed by atoms with E-state index in [1.165, 1.54) is 13.0 Å². The van der Waals surface area contributed by atoms with E-state index >= 15 is 0 Å². The number of hydrogen-bond donors (Lipinski definition) is 4. The number of Topliss-reactive ketones (excluding diaryl/α,β-unsaturated/α-hetero) is 4. The molecule has 3 aliphatic rings. The molecule has 0 aliphatic heterocycles. The molecule has 6 atom stereocenters. The highest BCUT2D eigenvalue weighted by atomic mass is 16.3. The summed E-state index contributed by atoms with van der Waals surface area (Å²) in [6.45, 7) is 11.0. The van der Waals surface area contributed by atoms with Gasteiger partial charge >= 0.3 is 0 Å². The average molecular weight is 511 g/mol. The van der Waals surface area contributed by atoms with Gasteiger partial charge in [-0.2, -0.15) is 0 Å². The van der Waals surface area contributed by atoms with Crippen LogP contribution in [-0.4, -0.2) is 49.2 Å². The minimum absolute atomic E-state index is 0.0448. The Balaban J connectivity index is 2.24. The Morgan fingerprint density at radius 2 is 1.65 bits per heavy atom. The lowest BCUT2D eigenvalue weighted by Crippen LogP contribution is -2.71. The zero-order valence-corrected chi connectivity index (χ0v) is 22.2. The van der Waals surface area contributed by atoms with Gasteiger partial charge in [0.05, 0.1) is 5.56 Å². The number of rotatable bonds is 4. The van der Waals surface area contributed by atoms with Crippen molar-refractivity contribution in [3.05, 3.63) is 52.0 Å². The molecule has 3 aliphatic carbocycles. The van der Waals surface area contributed by atoms with Gasteiger partial charge in [0.15, 0.2) is 17.2 Å². The summed E-state index contributed by atoms with van der Waals surface area (Å²) in [6, 6.07) is 4.64. The molecule has 1 aromatic carbocycles. The van der Waals surface area contributed by atoms with Gasteiger partial charge in [-0.15, -0.1) is 0 Å². The molecule has 0 amide bonds. The number of benzene rings is 1. The Labute approximate surface area is 215 Å². The third-order valence-corrected chi connectivity index (χ3v) is 9.50. The number of carbonyl (C=O) groups is 4. The van der Waals surface area contributed by atoms with Crippen LogP contribution in [0.25, 0.3) is 0 Å². The lowest BCUT2D eigenvalue weighted by atomic mass is 9.38. The van der Waals surface area contributed by atoms with E-state index in [4.69, 9.17) is 0 Å². The van der Waals surface area contributed by atoms with E-state index in [0.29, 0.717) is 5.56 Å². The molecule has 0 bridgehead atoms. The number of aromatic hydroxyl groups is 1. The SMILES string of the molecule is CC(=O)C[C@@H]1[C@]2(C)C(=C(O)[C@@]3(O)C(=O)C(C(C)=O)=C(O)C(C(C)C)[C@@]13C)C(=O)c1c(O)cccc1[C@H]2C. The summed E-state index contributed by atoms with van der Waals surface area (Å²) in [7, 11) is 0. The molecule has 4 N–H and O–H groups in total. The van der Waals surface area contributed by atoms with E-state index in [1.54, 1.807) is 39.8 Å². The summed E-state index contributed by atoms with van der Waals surface area (Å²) < 4.78 is 0. The maximum atomic E-state index is 14.0. The van der Waals surface area contributed by atoms with Crippen LogP contribution in [0, 0.1) is 28.6 Å². The molecule has 0 saturated carbocycles. The van der Waals surface area contributed by atoms with Gasteiger partial charge in [-0.1, -0.05) is 46.8 Å². The number of ketones is 4. The number of allylic oxidation sites excluding steroid dienone is 2. The van der Waals surface area contributed by atoms with Crippen LogP contribution in [0.2, 0.25) is 0 Å². The molecule has 4 rings (SSSR count). The maximum Gasteiger partial charge on any atom is 0.209 e. The Bertz CT molecular complexity index is 1330. The second-order valence-corrected chi connectivity index (χ2v) is 11.6. The van der Waals surface area contributed by atoms with Crippen molar-refractivity contribution in [3.8, 4) is 5.75 Å². The van der Waals surface area contributed by atoms with Crippen molar-refractivity contribution in [1.29, 1.82) is 0 Å². The molecule has 0 fully saturated rings. The van der Waals surface area contributed by atoms with Gasteiger partial charge in [-0.3, -0.25) is 14.4 Å². The van der Waals surface area contributed by atoms with E-state index in [0.717, 1.165) is 6.92 Å². The first-order chi connectivity index (χ1) is 17.0. The molecule has 1 aromatic rings. The molecule has 0 saturated heterocycles. The van der Waals surface area contributed by atoms with Gasteiger partial charge in [0, 0.05) is 28.7 Å². The van der Waals surface area contributed by atoms with Crippen LogP contribution in [0.4, 0.5) is 0 Å². The van der Waals surface area contributed by atoms with Crippen molar-refractivity contribution in [3.63, 3.8) is 0 Å². The fraction of sp³-hybridized carbons (Fsp3) is 0.517. The van der Waals surface area contributed by atoms with E-state index in [9.17, 15) is 39.6 Å². The first kappa shape index (κ1) is 26.8. The lowest BCUT2D eigenvalue weighted by molar-refractivity contribution is -0.193. The largest absolute Gasteiger partial charge is 0.511 e. The van der Waals surface area contributed by atoms with Gasteiger partial charge < -0.3 is 25.2 Å². The van der Waals surface area contributed by atoms with Gasteiger partial charge in [-0.25, -0.2) is 0 Å². The predicted octanol–water partition coefficient (Wildman–Crippen LogP) is 4.11. The number of fused-ring (bicyclic) bond motifs is 3. The second kappa shape index (κ2) is 8.12. The molecule has 0 heterocycles. The number of carbonyl (C=O) groups excluding carboxylic acids is 4. The topological polar surface area (TPSA) is 149 Å². The highest BCUT2D eigenvalue weighted by Gasteiger charge is 2.75. The molecule has 0 aromatic heterocycles. The zero-order valence-electron chi connectivity index (χ0n) is 22.2. The monoisotopic (exact) mass is 510 g/mol. The third-order valence-electron chi connectivity index (χ3n) is 9.50. The van der Waals surface area contributed by atoms with Crippen molar-refractivity contribution in [2.24, 2.45) is 28.6 Å². The molecule has 0 radical (unpaired) electrons. The standard InChI is InChI=1S/C29H34O8/c1-12(2)21-23(33)19(15(5)31)25(35)29(37)26(36)22-24(34)20-16(9-8-10-17(20)32)14(4)27(22,6)18(11-13(3)30)28(21,29)7/h8-10,12,14,18,21,32-33,36-37H,11H2,1-7H3/t14-,18-,21?,27-,28-,29+/m1/s1. The highest BCUT2D eigenvalue weighted by Crippen LogP contribution is 2.70. The number of hydrogen-bond acceptors (Lipinski definition) is 8. The van der Waals surface area contributed by atoms with Gasteiger partial charge in [0.2, 0.25) is 5.78 Å². The molecule has 8 heteroatoms. The quantitative estimate of drug-likeness (QED) is 0.442. The summed E-state index contributed by atoms with van der Waals surface area (Å²) in [5, 5.41) is 46.0. The highest BCUT2D eigenvalue weighted by molar-refractivity contribution is 6.25. The van der Waals surface area contributed by atoms with E-state index in [1.807, 2.05) is 6.92 Å². The molecule has 198 valence electrons. The summed E-state index contributed by atoms with van der Waals surface area (Å²) in [4.78, 5) is 53.1. The third kappa shape index (κ3) is 2.99. The first-order valence-corrected chi connectivity index (χ1v) is 12.5. The Hall–Kier alpha value is -3.26. The summed E-state index contributed by atoms with van der Waals surface area (Å²) in [5.41, 5.74) is -6.16. The van der Waals surface area contributed by atoms with Crippen molar-refractivity contribution < 1.29 is 39.6 Å². The number of aliphatic hydroxyl groups is 3. The van der Waals surface area contributed by atoms with Crippen LogP contribution in [-0.2, 0) is 14.4 Å². The molecule has 37 heavy (non-hydrogen) atoms. The molecule has 8 nitrogen and oxygen atoms in total. The Morgan fingerprint density at radius 3 is 2.16 bits per heavy atom. The van der Waals surface area contributed by atoms with Crippen LogP contribution in [0.5, 0.6) is 5.75 Å². The first-order valence-electron chi connectivity index (χ1n) is 12.5. The van der Waals surface area contributed by atoms with Crippen LogP contribution >= 0.6 is 0 Å². The zero-order chi connectivity index (χ0) is 28.0. The predicted molar refractivity (Wildman–Crippen MR) is 134 cm³/mol. The number of phenolic OH excluding ortho intramolecular Hbond substituents is 1. The van der Waals surface area contributed by atoms with Gasteiger partial charge in [0.1, 0.15) is 28.6 Å². The van der Waals surface area contributed by atoms with Crippen molar-refractivity contribution in [2.45, 2.75) is 66.4 Å². The molecule has 0 spiro atoms. The van der Waals surface area contributed by atoms with E-state index in [-0.39, 0.29) is 29.1 Å². The number of phenols is 1. The van der Waals surface area contributed by atoms with Crippen LogP contribution in [0.1, 0.15) is 76.7 Å². The van der Waals surface area contributed by atoms with Crippen LogP contribution in [0.3, 0.4) is 0 Å². The molecular formula is C29H34O8. The molecular weight excluding hydrogens is 476 g/mol. The fourth-order valence-corrected chi connectivity index (χ4v) is 7.82. The summed E-state index contributed by atoms with van der Waals surface area (Å²) in [5.74, 6) is -7.62. The minimum atomic E-state index is -2.78.